The molecule has 1 aliphatic rings. The molecule has 13 heavy (non-hydrogen) atoms. The van der Waals surface area contributed by atoms with Gasteiger partial charge in [0.05, 0.1) is 18.1 Å². The number of ether oxygens (including phenoxy) is 2. The third-order valence-corrected chi connectivity index (χ3v) is 2.96. The van der Waals surface area contributed by atoms with E-state index in [4.69, 9.17) is 27.4 Å². The summed E-state index contributed by atoms with van der Waals surface area (Å²) >= 11 is 6.21. The van der Waals surface area contributed by atoms with E-state index in [0.29, 0.717) is 23.2 Å². The lowest BCUT2D eigenvalue weighted by molar-refractivity contribution is -0.0414. The number of rotatable bonds is 2. The average molecular weight is 216 g/mol. The fourth-order valence-corrected chi connectivity index (χ4v) is 1.98. The third kappa shape index (κ3) is 1.86. The molecule has 0 aliphatic carbocycles. The highest BCUT2D eigenvalue weighted by Gasteiger charge is 2.21. The highest BCUT2D eigenvalue weighted by Crippen LogP contribution is 2.27. The second kappa shape index (κ2) is 3.67. The molecule has 0 radical (unpaired) electrons. The van der Waals surface area contributed by atoms with Crippen LogP contribution in [0.4, 0.5) is 0 Å². The maximum Gasteiger partial charge on any atom is 0.194 e. The van der Waals surface area contributed by atoms with Gasteiger partial charge in [0, 0.05) is 6.20 Å². The van der Waals surface area contributed by atoms with Crippen LogP contribution >= 0.6 is 23.6 Å². The zero-order chi connectivity index (χ0) is 9.26. The van der Waals surface area contributed by atoms with Gasteiger partial charge in [0.25, 0.3) is 0 Å². The van der Waals surface area contributed by atoms with Crippen LogP contribution in [0.3, 0.4) is 0 Å². The van der Waals surface area contributed by atoms with E-state index < -0.39 is 0 Å². The van der Waals surface area contributed by atoms with Gasteiger partial charge in [-0.3, -0.25) is 0 Å². The van der Waals surface area contributed by atoms with Crippen molar-refractivity contribution in [2.24, 2.45) is 5.73 Å². The number of nitrogens with two attached hydrogens (primary N) is 1. The van der Waals surface area contributed by atoms with Crippen LogP contribution in [0.2, 0.25) is 0 Å². The minimum absolute atomic E-state index is 0.277. The van der Waals surface area contributed by atoms with Crippen LogP contribution in [-0.4, -0.2) is 23.2 Å². The van der Waals surface area contributed by atoms with E-state index in [2.05, 4.69) is 4.98 Å². The lowest BCUT2D eigenvalue weighted by atomic mass is 10.5. The highest BCUT2D eigenvalue weighted by molar-refractivity contribution is 7.81. The quantitative estimate of drug-likeness (QED) is 0.742. The largest absolute Gasteiger partial charge is 0.387 e. The Morgan fingerprint density at radius 1 is 1.62 bits per heavy atom. The van der Waals surface area contributed by atoms with E-state index >= 15 is 0 Å². The van der Waals surface area contributed by atoms with Crippen LogP contribution in [0.5, 0.6) is 0 Å². The first kappa shape index (κ1) is 9.01. The summed E-state index contributed by atoms with van der Waals surface area (Å²) in [4.78, 5) is 5.28. The number of hydrogen-bond acceptors (Lipinski definition) is 5. The molecule has 0 amide bonds. The fraction of sp³-hybridized carbons (Fsp3) is 0.429. The second-order valence-corrected chi connectivity index (χ2v) is 4.01. The van der Waals surface area contributed by atoms with E-state index in [0.717, 1.165) is 4.88 Å². The fourth-order valence-electron chi connectivity index (χ4n) is 1.03. The summed E-state index contributed by atoms with van der Waals surface area (Å²) in [6, 6.07) is 0. The molecule has 1 aromatic heterocycles. The Kier molecular flexibility index (Phi) is 2.54. The van der Waals surface area contributed by atoms with Gasteiger partial charge >= 0.3 is 0 Å². The smallest absolute Gasteiger partial charge is 0.194 e. The van der Waals surface area contributed by atoms with Gasteiger partial charge in [-0.1, -0.05) is 12.2 Å². The molecule has 0 atom stereocenters. The second-order valence-electron chi connectivity index (χ2n) is 2.51. The van der Waals surface area contributed by atoms with E-state index in [1.54, 1.807) is 6.20 Å². The predicted octanol–water partition coefficient (Wildman–Crippen LogP) is 0.823. The van der Waals surface area contributed by atoms with Gasteiger partial charge in [-0.05, 0) is 0 Å². The molecule has 1 fully saturated rings. The van der Waals surface area contributed by atoms with Crippen LogP contribution in [0, 0.1) is 0 Å². The Hall–Kier alpha value is -0.560. The summed E-state index contributed by atoms with van der Waals surface area (Å²) in [6.07, 6.45) is 1.41. The first-order chi connectivity index (χ1) is 6.27. The van der Waals surface area contributed by atoms with E-state index in [9.17, 15) is 0 Å². The SMILES string of the molecule is NC(=S)c1ncc(C2OCCO2)s1. The summed E-state index contributed by atoms with van der Waals surface area (Å²) in [5.41, 5.74) is 5.42. The van der Waals surface area contributed by atoms with Gasteiger partial charge in [-0.15, -0.1) is 11.3 Å². The molecule has 4 nitrogen and oxygen atoms in total. The molecule has 1 aliphatic heterocycles. The number of thiazole rings is 1. The van der Waals surface area contributed by atoms with Crippen molar-refractivity contribution >= 4 is 28.5 Å². The van der Waals surface area contributed by atoms with Crippen LogP contribution in [0.25, 0.3) is 0 Å². The molecule has 2 N–H and O–H groups in total. The Morgan fingerprint density at radius 2 is 2.31 bits per heavy atom. The molecule has 0 aromatic carbocycles. The molecule has 2 heterocycles. The topological polar surface area (TPSA) is 57.4 Å². The van der Waals surface area contributed by atoms with Crippen molar-refractivity contribution in [3.8, 4) is 0 Å². The van der Waals surface area contributed by atoms with Crippen LogP contribution in [-0.2, 0) is 9.47 Å². The molecule has 0 unspecified atom stereocenters. The monoisotopic (exact) mass is 216 g/mol. The van der Waals surface area contributed by atoms with Crippen LogP contribution in [0.15, 0.2) is 6.20 Å². The zero-order valence-electron chi connectivity index (χ0n) is 6.73. The number of hydrogen-bond donors (Lipinski definition) is 1. The summed E-state index contributed by atoms with van der Waals surface area (Å²) in [5, 5.41) is 0.657. The number of nitrogens with zero attached hydrogens (tertiary/aromatic N) is 1. The molecule has 0 spiro atoms. The van der Waals surface area contributed by atoms with Crippen molar-refractivity contribution in [2.45, 2.75) is 6.29 Å². The Balaban J connectivity index is 2.16. The summed E-state index contributed by atoms with van der Waals surface area (Å²) in [7, 11) is 0. The van der Waals surface area contributed by atoms with Crippen molar-refractivity contribution in [2.75, 3.05) is 13.2 Å². The van der Waals surface area contributed by atoms with E-state index in [-0.39, 0.29) is 6.29 Å². The maximum atomic E-state index is 5.42. The van der Waals surface area contributed by atoms with Gasteiger partial charge in [0.2, 0.25) is 0 Å². The summed E-state index contributed by atoms with van der Waals surface area (Å²) in [6.45, 7) is 1.26. The lowest BCUT2D eigenvalue weighted by Gasteiger charge is -2.03. The maximum absolute atomic E-state index is 5.42. The van der Waals surface area contributed by atoms with Crippen LogP contribution < -0.4 is 5.73 Å². The van der Waals surface area contributed by atoms with Crippen molar-refractivity contribution in [3.05, 3.63) is 16.1 Å². The van der Waals surface area contributed by atoms with Crippen LogP contribution in [0.1, 0.15) is 16.2 Å². The molecule has 0 saturated carbocycles. The van der Waals surface area contributed by atoms with E-state index in [1.165, 1.54) is 11.3 Å². The molecule has 70 valence electrons. The first-order valence-corrected chi connectivity index (χ1v) is 4.98. The summed E-state index contributed by atoms with van der Waals surface area (Å²) < 4.78 is 10.6. The number of thiocarbonyl (C=S) groups is 1. The predicted molar refractivity (Wildman–Crippen MR) is 52.6 cm³/mol. The lowest BCUT2D eigenvalue weighted by Crippen LogP contribution is -2.08. The van der Waals surface area contributed by atoms with Gasteiger partial charge < -0.3 is 15.2 Å². The van der Waals surface area contributed by atoms with Gasteiger partial charge in [-0.25, -0.2) is 4.98 Å². The van der Waals surface area contributed by atoms with Crippen molar-refractivity contribution < 1.29 is 9.47 Å². The van der Waals surface area contributed by atoms with Crippen molar-refractivity contribution in [1.29, 1.82) is 0 Å². The van der Waals surface area contributed by atoms with Crippen molar-refractivity contribution in [3.63, 3.8) is 0 Å². The molecular formula is C7H8N2O2S2. The molecule has 1 aromatic rings. The Bertz CT molecular complexity index is 320. The highest BCUT2D eigenvalue weighted by atomic mass is 32.1. The standard InChI is InChI=1S/C7H8N2O2S2/c8-5(12)6-9-3-4(13-6)7-10-1-2-11-7/h3,7H,1-2H2,(H2,8,12). The molecule has 6 heteroatoms. The van der Waals surface area contributed by atoms with Gasteiger partial charge in [0.1, 0.15) is 4.99 Å². The molecular weight excluding hydrogens is 208 g/mol. The summed E-state index contributed by atoms with van der Waals surface area (Å²) in [5.74, 6) is 0. The normalized spacial score (nSPS) is 17.8. The zero-order valence-corrected chi connectivity index (χ0v) is 8.36. The Labute approximate surface area is 84.7 Å². The van der Waals surface area contributed by atoms with E-state index in [1.807, 2.05) is 0 Å². The molecule has 0 bridgehead atoms. The average Bonchev–Trinajstić information content (AvgIpc) is 2.75. The van der Waals surface area contributed by atoms with Gasteiger partial charge in [0.15, 0.2) is 11.3 Å². The first-order valence-electron chi connectivity index (χ1n) is 3.76. The number of aromatic nitrogens is 1. The molecule has 1 saturated heterocycles. The minimum atomic E-state index is -0.277. The Morgan fingerprint density at radius 3 is 2.85 bits per heavy atom. The molecule has 2 rings (SSSR count). The van der Waals surface area contributed by atoms with Crippen molar-refractivity contribution in [1.82, 2.24) is 4.98 Å². The third-order valence-electron chi connectivity index (χ3n) is 1.59. The minimum Gasteiger partial charge on any atom is -0.387 e. The van der Waals surface area contributed by atoms with Gasteiger partial charge in [-0.2, -0.15) is 0 Å².